The molecular formula is C13H19ClN2O2. The molecule has 1 amide bonds. The molecule has 1 aromatic carbocycles. The first-order valence-corrected chi connectivity index (χ1v) is 6.18. The van der Waals surface area contributed by atoms with Crippen molar-refractivity contribution in [2.24, 2.45) is 5.41 Å². The van der Waals surface area contributed by atoms with Crippen LogP contribution < -0.4 is 11.1 Å². The zero-order valence-corrected chi connectivity index (χ0v) is 11.4. The van der Waals surface area contributed by atoms with Crippen molar-refractivity contribution in [3.05, 3.63) is 28.8 Å². The van der Waals surface area contributed by atoms with Gasteiger partial charge in [-0.3, -0.25) is 4.79 Å². The van der Waals surface area contributed by atoms with Gasteiger partial charge in [-0.25, -0.2) is 0 Å². The Kier molecular flexibility index (Phi) is 4.99. The fraction of sp³-hybridized carbons (Fsp3) is 0.462. The van der Waals surface area contributed by atoms with Crippen molar-refractivity contribution in [2.75, 3.05) is 18.9 Å². The van der Waals surface area contributed by atoms with Crippen LogP contribution in [0, 0.1) is 5.41 Å². The van der Waals surface area contributed by atoms with Crippen LogP contribution in [0.4, 0.5) is 5.69 Å². The van der Waals surface area contributed by atoms with E-state index < -0.39 is 0 Å². The van der Waals surface area contributed by atoms with Crippen LogP contribution in [0.5, 0.6) is 0 Å². The van der Waals surface area contributed by atoms with Crippen molar-refractivity contribution in [3.8, 4) is 0 Å². The second-order valence-corrected chi connectivity index (χ2v) is 5.43. The first-order chi connectivity index (χ1) is 8.37. The largest absolute Gasteiger partial charge is 0.398 e. The maximum atomic E-state index is 12.0. The standard InChI is InChI=1S/C13H19ClN2O2/c1-13(2,6-7-17)8-16-12(18)11-9(14)4-3-5-10(11)15/h3-5,17H,6-8,15H2,1-2H3,(H,16,18). The van der Waals surface area contributed by atoms with Crippen LogP contribution in [0.2, 0.25) is 5.02 Å². The minimum absolute atomic E-state index is 0.0943. The van der Waals surface area contributed by atoms with E-state index in [1.54, 1.807) is 18.2 Å². The summed E-state index contributed by atoms with van der Waals surface area (Å²) in [5, 5.41) is 12.1. The number of amides is 1. The second kappa shape index (κ2) is 6.07. The molecule has 0 bridgehead atoms. The van der Waals surface area contributed by atoms with Crippen LogP contribution in [-0.2, 0) is 0 Å². The number of halogens is 1. The van der Waals surface area contributed by atoms with Gasteiger partial charge < -0.3 is 16.2 Å². The second-order valence-electron chi connectivity index (χ2n) is 5.02. The van der Waals surface area contributed by atoms with E-state index in [0.29, 0.717) is 29.2 Å². The Hall–Kier alpha value is -1.26. The smallest absolute Gasteiger partial charge is 0.254 e. The zero-order chi connectivity index (χ0) is 13.8. The number of benzene rings is 1. The molecule has 0 radical (unpaired) electrons. The van der Waals surface area contributed by atoms with Gasteiger partial charge in [-0.05, 0) is 24.0 Å². The Balaban J connectivity index is 2.72. The third-order valence-corrected chi connectivity index (χ3v) is 3.10. The number of carbonyl (C=O) groups excluding carboxylic acids is 1. The van der Waals surface area contributed by atoms with Crippen molar-refractivity contribution >= 4 is 23.2 Å². The third-order valence-electron chi connectivity index (χ3n) is 2.79. The van der Waals surface area contributed by atoms with Gasteiger partial charge in [0.1, 0.15) is 0 Å². The SMILES string of the molecule is CC(C)(CCO)CNC(=O)c1c(N)cccc1Cl. The highest BCUT2D eigenvalue weighted by molar-refractivity contribution is 6.34. The van der Waals surface area contributed by atoms with Crippen molar-refractivity contribution in [2.45, 2.75) is 20.3 Å². The number of anilines is 1. The topological polar surface area (TPSA) is 75.3 Å². The van der Waals surface area contributed by atoms with E-state index in [-0.39, 0.29) is 17.9 Å². The number of nitrogens with two attached hydrogens (primary N) is 1. The molecule has 0 aliphatic rings. The molecule has 0 fully saturated rings. The lowest BCUT2D eigenvalue weighted by Gasteiger charge is -2.24. The van der Waals surface area contributed by atoms with Gasteiger partial charge in [0.25, 0.3) is 5.91 Å². The Morgan fingerprint density at radius 1 is 1.50 bits per heavy atom. The number of hydrogen-bond donors (Lipinski definition) is 3. The Morgan fingerprint density at radius 3 is 2.72 bits per heavy atom. The summed E-state index contributed by atoms with van der Waals surface area (Å²) in [6, 6.07) is 4.97. The summed E-state index contributed by atoms with van der Waals surface area (Å²) in [5.74, 6) is -0.288. The van der Waals surface area contributed by atoms with Crippen LogP contribution >= 0.6 is 11.6 Å². The maximum Gasteiger partial charge on any atom is 0.254 e. The average Bonchev–Trinajstić information content (AvgIpc) is 2.26. The first kappa shape index (κ1) is 14.8. The molecule has 0 aliphatic heterocycles. The van der Waals surface area contributed by atoms with Gasteiger partial charge in [-0.2, -0.15) is 0 Å². The normalized spacial score (nSPS) is 11.3. The van der Waals surface area contributed by atoms with Crippen molar-refractivity contribution < 1.29 is 9.90 Å². The molecule has 0 saturated heterocycles. The third kappa shape index (κ3) is 3.89. The molecule has 0 aromatic heterocycles. The molecule has 0 unspecified atom stereocenters. The lowest BCUT2D eigenvalue weighted by atomic mass is 9.89. The van der Waals surface area contributed by atoms with Gasteiger partial charge in [0.15, 0.2) is 0 Å². The Bertz CT molecular complexity index is 413. The number of nitrogens with one attached hydrogen (secondary N) is 1. The summed E-state index contributed by atoms with van der Waals surface area (Å²) in [7, 11) is 0. The number of rotatable bonds is 5. The van der Waals surface area contributed by atoms with Crippen molar-refractivity contribution in [3.63, 3.8) is 0 Å². The highest BCUT2D eigenvalue weighted by Gasteiger charge is 2.20. The number of hydrogen-bond acceptors (Lipinski definition) is 3. The van der Waals surface area contributed by atoms with Gasteiger partial charge >= 0.3 is 0 Å². The molecule has 5 heteroatoms. The van der Waals surface area contributed by atoms with E-state index in [1.165, 1.54) is 0 Å². The van der Waals surface area contributed by atoms with E-state index in [2.05, 4.69) is 5.32 Å². The fourth-order valence-electron chi connectivity index (χ4n) is 1.58. The highest BCUT2D eigenvalue weighted by Crippen LogP contribution is 2.23. The number of carbonyl (C=O) groups is 1. The van der Waals surface area contributed by atoms with Crippen LogP contribution in [0.1, 0.15) is 30.6 Å². The summed E-state index contributed by atoms with van der Waals surface area (Å²) in [5.41, 5.74) is 6.23. The van der Waals surface area contributed by atoms with Gasteiger partial charge in [0.05, 0.1) is 10.6 Å². The van der Waals surface area contributed by atoms with Crippen molar-refractivity contribution in [1.29, 1.82) is 0 Å². The molecule has 4 N–H and O–H groups in total. The lowest BCUT2D eigenvalue weighted by Crippen LogP contribution is -2.35. The molecule has 0 spiro atoms. The van der Waals surface area contributed by atoms with E-state index in [1.807, 2.05) is 13.8 Å². The number of aliphatic hydroxyl groups excluding tert-OH is 1. The lowest BCUT2D eigenvalue weighted by molar-refractivity contribution is 0.0929. The van der Waals surface area contributed by atoms with E-state index in [0.717, 1.165) is 0 Å². The first-order valence-electron chi connectivity index (χ1n) is 5.80. The maximum absolute atomic E-state index is 12.0. The molecule has 0 heterocycles. The van der Waals surface area contributed by atoms with Crippen LogP contribution in [0.25, 0.3) is 0 Å². The van der Waals surface area contributed by atoms with Crippen LogP contribution in [0.3, 0.4) is 0 Å². The predicted octanol–water partition coefficient (Wildman–Crippen LogP) is 2.06. The van der Waals surface area contributed by atoms with E-state index in [4.69, 9.17) is 22.4 Å². The van der Waals surface area contributed by atoms with Gasteiger partial charge in [-0.1, -0.05) is 31.5 Å². The molecule has 1 rings (SSSR count). The quantitative estimate of drug-likeness (QED) is 0.717. The molecule has 0 atom stereocenters. The van der Waals surface area contributed by atoms with Crippen LogP contribution in [0.15, 0.2) is 18.2 Å². The number of aliphatic hydroxyl groups is 1. The molecular weight excluding hydrogens is 252 g/mol. The fourth-order valence-corrected chi connectivity index (χ4v) is 1.85. The van der Waals surface area contributed by atoms with Crippen LogP contribution in [-0.4, -0.2) is 24.2 Å². The summed E-state index contributed by atoms with van der Waals surface area (Å²) in [4.78, 5) is 12.0. The summed E-state index contributed by atoms with van der Waals surface area (Å²) >= 11 is 5.95. The van der Waals surface area contributed by atoms with Gasteiger partial charge in [-0.15, -0.1) is 0 Å². The van der Waals surface area contributed by atoms with Crippen molar-refractivity contribution in [1.82, 2.24) is 5.32 Å². The van der Waals surface area contributed by atoms with Gasteiger partial charge in [0.2, 0.25) is 0 Å². The molecule has 100 valence electrons. The summed E-state index contributed by atoms with van der Waals surface area (Å²) in [6.45, 7) is 4.49. The average molecular weight is 271 g/mol. The number of nitrogen functional groups attached to an aromatic ring is 1. The minimum atomic E-state index is -0.288. The van der Waals surface area contributed by atoms with E-state index >= 15 is 0 Å². The molecule has 4 nitrogen and oxygen atoms in total. The Morgan fingerprint density at radius 2 is 2.17 bits per heavy atom. The molecule has 0 saturated carbocycles. The predicted molar refractivity (Wildman–Crippen MR) is 73.7 cm³/mol. The molecule has 18 heavy (non-hydrogen) atoms. The zero-order valence-electron chi connectivity index (χ0n) is 10.7. The summed E-state index contributed by atoms with van der Waals surface area (Å²) in [6.07, 6.45) is 0.616. The monoisotopic (exact) mass is 270 g/mol. The molecule has 0 aliphatic carbocycles. The minimum Gasteiger partial charge on any atom is -0.398 e. The highest BCUT2D eigenvalue weighted by atomic mass is 35.5. The van der Waals surface area contributed by atoms with Gasteiger partial charge in [0, 0.05) is 18.8 Å². The summed E-state index contributed by atoms with van der Waals surface area (Å²) < 4.78 is 0. The van der Waals surface area contributed by atoms with E-state index in [9.17, 15) is 4.79 Å². The molecule has 1 aromatic rings. The Labute approximate surface area is 112 Å².